The third-order valence-electron chi connectivity index (χ3n) is 6.06. The predicted molar refractivity (Wildman–Crippen MR) is 111 cm³/mol. The number of anilines is 2. The van der Waals surface area contributed by atoms with Gasteiger partial charge in [0.2, 0.25) is 11.9 Å². The molecule has 0 spiro atoms. The van der Waals surface area contributed by atoms with Crippen LogP contribution in [0, 0.1) is 17.8 Å². The number of nitrogens with one attached hydrogen (secondary N) is 1. The van der Waals surface area contributed by atoms with Crippen LogP contribution in [0.5, 0.6) is 0 Å². The van der Waals surface area contributed by atoms with Crippen molar-refractivity contribution in [2.45, 2.75) is 25.7 Å². The van der Waals surface area contributed by atoms with Gasteiger partial charge in [-0.3, -0.25) is 0 Å². The Morgan fingerprint density at radius 3 is 2.50 bits per heavy atom. The van der Waals surface area contributed by atoms with Crippen molar-refractivity contribution in [2.75, 3.05) is 29.9 Å². The topological polar surface area (TPSA) is 110 Å². The summed E-state index contributed by atoms with van der Waals surface area (Å²) in [6, 6.07) is 0. The second kappa shape index (κ2) is 8.47. The SMILES string of the molecule is Clc1cnc(N2CCC([C@H]3C[C@@H]3CCNc3ncc(-n4cnnn4)cn3)CC2)nc1. The molecule has 30 heavy (non-hydrogen) atoms. The van der Waals surface area contributed by atoms with Gasteiger partial charge in [-0.15, -0.1) is 5.10 Å². The van der Waals surface area contributed by atoms with Gasteiger partial charge in [-0.05, 0) is 53.9 Å². The van der Waals surface area contributed by atoms with Gasteiger partial charge in [0.05, 0.1) is 29.8 Å². The fourth-order valence-corrected chi connectivity index (χ4v) is 4.45. The number of tetrazole rings is 1. The summed E-state index contributed by atoms with van der Waals surface area (Å²) in [5, 5.41) is 15.0. The molecule has 4 heterocycles. The van der Waals surface area contributed by atoms with Gasteiger partial charge in [0, 0.05) is 19.6 Å². The molecule has 3 aromatic rings. The summed E-state index contributed by atoms with van der Waals surface area (Å²) in [6.45, 7) is 2.94. The zero-order valence-electron chi connectivity index (χ0n) is 16.5. The van der Waals surface area contributed by atoms with Gasteiger partial charge in [0.25, 0.3) is 0 Å². The zero-order valence-corrected chi connectivity index (χ0v) is 17.2. The summed E-state index contributed by atoms with van der Waals surface area (Å²) in [4.78, 5) is 19.6. The Hall–Kier alpha value is -2.88. The van der Waals surface area contributed by atoms with E-state index in [1.54, 1.807) is 24.8 Å². The quantitative estimate of drug-likeness (QED) is 0.607. The maximum atomic E-state index is 5.88. The maximum absolute atomic E-state index is 5.88. The van der Waals surface area contributed by atoms with Crippen LogP contribution in [0.4, 0.5) is 11.9 Å². The van der Waals surface area contributed by atoms with Crippen LogP contribution in [-0.4, -0.2) is 59.8 Å². The zero-order chi connectivity index (χ0) is 20.3. The standard InChI is InChI=1S/C19H23ClN10/c20-15-8-24-19(25-9-15)29-5-2-13(3-6-29)17-7-14(17)1-4-21-18-22-10-16(11-23-18)30-12-26-27-28-30/h8-14,17H,1-7H2,(H,21,22,23)/t14-,17+/m0/s1. The van der Waals surface area contributed by atoms with Crippen LogP contribution >= 0.6 is 11.6 Å². The molecule has 1 N–H and O–H groups in total. The largest absolute Gasteiger partial charge is 0.354 e. The molecule has 11 heteroatoms. The Labute approximate surface area is 179 Å². The maximum Gasteiger partial charge on any atom is 0.225 e. The van der Waals surface area contributed by atoms with E-state index in [1.165, 1.54) is 30.3 Å². The normalized spacial score (nSPS) is 21.6. The molecule has 156 valence electrons. The highest BCUT2D eigenvalue weighted by molar-refractivity contribution is 6.30. The number of nitrogens with zero attached hydrogens (tertiary/aromatic N) is 9. The number of halogens is 1. The van der Waals surface area contributed by atoms with Crippen LogP contribution in [0.2, 0.25) is 5.02 Å². The van der Waals surface area contributed by atoms with E-state index in [1.807, 2.05) is 0 Å². The first-order chi connectivity index (χ1) is 14.8. The van der Waals surface area contributed by atoms with E-state index in [9.17, 15) is 0 Å². The van der Waals surface area contributed by atoms with Crippen molar-refractivity contribution in [1.29, 1.82) is 0 Å². The lowest BCUT2D eigenvalue weighted by Gasteiger charge is -2.32. The summed E-state index contributed by atoms with van der Waals surface area (Å²) in [5.41, 5.74) is 0.739. The first-order valence-electron chi connectivity index (χ1n) is 10.3. The van der Waals surface area contributed by atoms with Crippen LogP contribution in [0.15, 0.2) is 31.1 Å². The molecule has 1 saturated heterocycles. The Morgan fingerprint density at radius 2 is 1.80 bits per heavy atom. The fourth-order valence-electron chi connectivity index (χ4n) is 4.36. The van der Waals surface area contributed by atoms with Crippen molar-refractivity contribution in [3.63, 3.8) is 0 Å². The molecule has 3 aromatic heterocycles. The Kier molecular flexibility index (Phi) is 5.39. The number of hydrogen-bond acceptors (Lipinski definition) is 9. The van der Waals surface area contributed by atoms with Gasteiger partial charge in [0.15, 0.2) is 0 Å². The van der Waals surface area contributed by atoms with Crippen molar-refractivity contribution >= 4 is 23.5 Å². The minimum atomic E-state index is 0.580. The van der Waals surface area contributed by atoms with Crippen LogP contribution in [-0.2, 0) is 0 Å². The molecule has 0 amide bonds. The first-order valence-corrected chi connectivity index (χ1v) is 10.7. The van der Waals surface area contributed by atoms with Gasteiger partial charge < -0.3 is 10.2 Å². The Bertz CT molecular complexity index is 938. The molecule has 2 fully saturated rings. The van der Waals surface area contributed by atoms with Crippen LogP contribution < -0.4 is 10.2 Å². The minimum absolute atomic E-state index is 0.580. The predicted octanol–water partition coefficient (Wildman–Crippen LogP) is 2.25. The van der Waals surface area contributed by atoms with Gasteiger partial charge in [-0.1, -0.05) is 11.6 Å². The molecular weight excluding hydrogens is 404 g/mol. The summed E-state index contributed by atoms with van der Waals surface area (Å²) in [5.74, 6) is 3.90. The minimum Gasteiger partial charge on any atom is -0.354 e. The summed E-state index contributed by atoms with van der Waals surface area (Å²) < 4.78 is 1.53. The van der Waals surface area contributed by atoms with Crippen LogP contribution in [0.25, 0.3) is 5.69 Å². The molecule has 0 bridgehead atoms. The molecule has 1 aliphatic heterocycles. The monoisotopic (exact) mass is 426 g/mol. The molecule has 0 unspecified atom stereocenters. The average Bonchev–Trinajstić information content (AvgIpc) is 3.34. The highest BCUT2D eigenvalue weighted by atomic mass is 35.5. The highest BCUT2D eigenvalue weighted by Gasteiger charge is 2.43. The van der Waals surface area contributed by atoms with E-state index in [2.05, 4.69) is 45.7 Å². The molecule has 2 aliphatic rings. The molecule has 0 aromatic carbocycles. The van der Waals surface area contributed by atoms with E-state index in [0.717, 1.165) is 55.4 Å². The van der Waals surface area contributed by atoms with Crippen molar-refractivity contribution < 1.29 is 0 Å². The average molecular weight is 427 g/mol. The van der Waals surface area contributed by atoms with Crippen LogP contribution in [0.3, 0.4) is 0 Å². The third kappa shape index (κ3) is 4.33. The van der Waals surface area contributed by atoms with Gasteiger partial charge >= 0.3 is 0 Å². The molecule has 10 nitrogen and oxygen atoms in total. The van der Waals surface area contributed by atoms with Gasteiger partial charge in [-0.2, -0.15) is 4.68 Å². The molecular formula is C19H23ClN10. The van der Waals surface area contributed by atoms with Crippen molar-refractivity contribution in [3.05, 3.63) is 36.1 Å². The first kappa shape index (κ1) is 19.1. The van der Waals surface area contributed by atoms with Gasteiger partial charge in [-0.25, -0.2) is 19.9 Å². The molecule has 2 atom stereocenters. The lowest BCUT2D eigenvalue weighted by atomic mass is 9.90. The van der Waals surface area contributed by atoms with Gasteiger partial charge in [0.1, 0.15) is 12.0 Å². The molecule has 0 radical (unpaired) electrons. The molecule has 1 saturated carbocycles. The Morgan fingerprint density at radius 1 is 1.03 bits per heavy atom. The Balaban J connectivity index is 1.03. The smallest absolute Gasteiger partial charge is 0.225 e. The van der Waals surface area contributed by atoms with E-state index in [0.29, 0.717) is 11.0 Å². The number of piperidine rings is 1. The lowest BCUT2D eigenvalue weighted by molar-refractivity contribution is 0.343. The lowest BCUT2D eigenvalue weighted by Crippen LogP contribution is -2.35. The van der Waals surface area contributed by atoms with Crippen molar-refractivity contribution in [3.8, 4) is 5.69 Å². The summed E-state index contributed by atoms with van der Waals surface area (Å²) in [7, 11) is 0. The summed E-state index contributed by atoms with van der Waals surface area (Å²) >= 11 is 5.88. The van der Waals surface area contributed by atoms with Crippen molar-refractivity contribution in [1.82, 2.24) is 40.1 Å². The molecule has 5 rings (SSSR count). The summed E-state index contributed by atoms with van der Waals surface area (Å²) in [6.07, 6.45) is 13.2. The molecule has 1 aliphatic carbocycles. The van der Waals surface area contributed by atoms with E-state index < -0.39 is 0 Å². The van der Waals surface area contributed by atoms with E-state index in [4.69, 9.17) is 11.6 Å². The highest BCUT2D eigenvalue weighted by Crippen LogP contribution is 2.49. The second-order valence-electron chi connectivity index (χ2n) is 7.92. The van der Waals surface area contributed by atoms with E-state index >= 15 is 0 Å². The van der Waals surface area contributed by atoms with Crippen molar-refractivity contribution in [2.24, 2.45) is 17.8 Å². The van der Waals surface area contributed by atoms with E-state index in [-0.39, 0.29) is 0 Å². The fraction of sp³-hybridized carbons (Fsp3) is 0.526. The number of hydrogen-bond donors (Lipinski definition) is 1. The van der Waals surface area contributed by atoms with Crippen LogP contribution in [0.1, 0.15) is 25.7 Å². The number of rotatable bonds is 7. The third-order valence-corrected chi connectivity index (χ3v) is 6.26. The second-order valence-corrected chi connectivity index (χ2v) is 8.36. The number of aromatic nitrogens is 8.